The van der Waals surface area contributed by atoms with Crippen LogP contribution in [0.15, 0.2) is 71.5 Å². The maximum absolute atomic E-state index is 5.84. The van der Waals surface area contributed by atoms with Crippen molar-refractivity contribution in [3.8, 4) is 11.4 Å². The zero-order chi connectivity index (χ0) is 15.2. The van der Waals surface area contributed by atoms with Crippen molar-refractivity contribution < 1.29 is 4.42 Å². The first-order valence-corrected chi connectivity index (χ1v) is 7.37. The Morgan fingerprint density at radius 3 is 2.61 bits per heavy atom. The molecule has 0 saturated heterocycles. The van der Waals surface area contributed by atoms with Crippen LogP contribution < -0.4 is 0 Å². The summed E-state index contributed by atoms with van der Waals surface area (Å²) in [6.07, 6.45) is 5.32. The van der Waals surface area contributed by atoms with Crippen LogP contribution in [0.25, 0.3) is 44.2 Å². The number of hydrogen-bond donors (Lipinski definition) is 0. The van der Waals surface area contributed by atoms with Crippen molar-refractivity contribution in [2.24, 2.45) is 0 Å². The van der Waals surface area contributed by atoms with Crippen LogP contribution in [0.3, 0.4) is 0 Å². The van der Waals surface area contributed by atoms with E-state index in [1.54, 1.807) is 18.6 Å². The van der Waals surface area contributed by atoms with Gasteiger partial charge in [0.15, 0.2) is 5.58 Å². The van der Waals surface area contributed by atoms with Gasteiger partial charge in [-0.3, -0.25) is 15.0 Å². The first kappa shape index (κ1) is 12.3. The van der Waals surface area contributed by atoms with E-state index >= 15 is 0 Å². The van der Waals surface area contributed by atoms with Gasteiger partial charge >= 0.3 is 0 Å². The molecule has 4 nitrogen and oxygen atoms in total. The molecular weight excluding hydrogens is 286 g/mol. The SMILES string of the molecule is c1ccc2c(c1)oc1cnc(-c3nccc4ncccc34)cc12. The molecule has 0 aliphatic rings. The molecular formula is C19H11N3O. The Labute approximate surface area is 131 Å². The van der Waals surface area contributed by atoms with Gasteiger partial charge in [0.1, 0.15) is 5.58 Å². The van der Waals surface area contributed by atoms with Crippen LogP contribution in [-0.4, -0.2) is 15.0 Å². The molecule has 4 heteroatoms. The highest BCUT2D eigenvalue weighted by Crippen LogP contribution is 2.31. The predicted octanol–water partition coefficient (Wildman–Crippen LogP) is 4.59. The Morgan fingerprint density at radius 1 is 0.696 bits per heavy atom. The second-order valence-electron chi connectivity index (χ2n) is 5.39. The maximum Gasteiger partial charge on any atom is 0.153 e. The second-order valence-corrected chi connectivity index (χ2v) is 5.39. The Balaban J connectivity index is 1.84. The Kier molecular flexibility index (Phi) is 2.46. The fourth-order valence-electron chi connectivity index (χ4n) is 2.97. The van der Waals surface area contributed by atoms with E-state index < -0.39 is 0 Å². The number of fused-ring (bicyclic) bond motifs is 4. The number of pyridine rings is 3. The number of nitrogens with zero attached hydrogens (tertiary/aromatic N) is 3. The smallest absolute Gasteiger partial charge is 0.153 e. The van der Waals surface area contributed by atoms with Gasteiger partial charge in [0.25, 0.3) is 0 Å². The molecule has 0 fully saturated rings. The highest BCUT2D eigenvalue weighted by molar-refractivity contribution is 6.06. The van der Waals surface area contributed by atoms with Crippen molar-refractivity contribution >= 4 is 32.8 Å². The van der Waals surface area contributed by atoms with Gasteiger partial charge in [0.05, 0.1) is 23.1 Å². The Bertz CT molecular complexity index is 1170. The molecule has 23 heavy (non-hydrogen) atoms. The van der Waals surface area contributed by atoms with E-state index in [-0.39, 0.29) is 0 Å². The van der Waals surface area contributed by atoms with Crippen LogP contribution in [0.1, 0.15) is 0 Å². The number of benzene rings is 1. The lowest BCUT2D eigenvalue weighted by atomic mass is 10.1. The molecule has 1 aromatic carbocycles. The minimum absolute atomic E-state index is 0.785. The summed E-state index contributed by atoms with van der Waals surface area (Å²) in [5, 5.41) is 3.13. The third kappa shape index (κ3) is 1.82. The Hall–Kier alpha value is -3.27. The summed E-state index contributed by atoms with van der Waals surface area (Å²) in [5.41, 5.74) is 4.23. The van der Waals surface area contributed by atoms with Crippen LogP contribution in [-0.2, 0) is 0 Å². The van der Waals surface area contributed by atoms with E-state index in [9.17, 15) is 0 Å². The third-order valence-corrected chi connectivity index (χ3v) is 4.04. The van der Waals surface area contributed by atoms with Gasteiger partial charge in [-0.2, -0.15) is 0 Å². The molecule has 5 rings (SSSR count). The minimum atomic E-state index is 0.785. The molecule has 5 aromatic rings. The predicted molar refractivity (Wildman–Crippen MR) is 90.0 cm³/mol. The summed E-state index contributed by atoms with van der Waals surface area (Å²) >= 11 is 0. The van der Waals surface area contributed by atoms with Crippen LogP contribution in [0.2, 0.25) is 0 Å². The average molecular weight is 297 g/mol. The monoisotopic (exact) mass is 297 g/mol. The largest absolute Gasteiger partial charge is 0.454 e. The molecule has 0 unspecified atom stereocenters. The van der Waals surface area contributed by atoms with Crippen LogP contribution in [0, 0.1) is 0 Å². The summed E-state index contributed by atoms with van der Waals surface area (Å²) in [5.74, 6) is 0. The first-order valence-electron chi connectivity index (χ1n) is 7.37. The van der Waals surface area contributed by atoms with E-state index in [4.69, 9.17) is 4.42 Å². The maximum atomic E-state index is 5.84. The first-order chi connectivity index (χ1) is 11.4. The zero-order valence-electron chi connectivity index (χ0n) is 12.1. The number of hydrogen-bond acceptors (Lipinski definition) is 4. The molecule has 4 heterocycles. The minimum Gasteiger partial charge on any atom is -0.454 e. The lowest BCUT2D eigenvalue weighted by Gasteiger charge is -2.04. The highest BCUT2D eigenvalue weighted by atomic mass is 16.3. The van der Waals surface area contributed by atoms with Gasteiger partial charge in [0.2, 0.25) is 0 Å². The summed E-state index contributed by atoms with van der Waals surface area (Å²) in [6.45, 7) is 0. The molecule has 0 bridgehead atoms. The fourth-order valence-corrected chi connectivity index (χ4v) is 2.97. The van der Waals surface area contributed by atoms with Gasteiger partial charge in [-0.25, -0.2) is 0 Å². The number of rotatable bonds is 1. The van der Waals surface area contributed by atoms with Crippen molar-refractivity contribution in [3.05, 3.63) is 67.1 Å². The van der Waals surface area contributed by atoms with Gasteiger partial charge in [-0.1, -0.05) is 18.2 Å². The molecule has 0 atom stereocenters. The molecule has 0 N–H and O–H groups in total. The van der Waals surface area contributed by atoms with Crippen molar-refractivity contribution in [3.63, 3.8) is 0 Å². The standard InChI is InChI=1S/C19H11N3O/c1-2-6-17-12(4-1)14-10-16(22-11-18(14)23-17)19-13-5-3-8-20-15(13)7-9-21-19/h1-11H. The lowest BCUT2D eigenvalue weighted by molar-refractivity contribution is 0.667. The normalized spacial score (nSPS) is 11.5. The van der Waals surface area contributed by atoms with Crippen molar-refractivity contribution in [2.75, 3.05) is 0 Å². The molecule has 108 valence electrons. The van der Waals surface area contributed by atoms with Crippen molar-refractivity contribution in [1.82, 2.24) is 15.0 Å². The second kappa shape index (κ2) is 4.61. The van der Waals surface area contributed by atoms with E-state index in [0.717, 1.165) is 44.2 Å². The van der Waals surface area contributed by atoms with Crippen LogP contribution in [0.5, 0.6) is 0 Å². The fraction of sp³-hybridized carbons (Fsp3) is 0. The summed E-state index contributed by atoms with van der Waals surface area (Å²) in [7, 11) is 0. The molecule has 4 aromatic heterocycles. The van der Waals surface area contributed by atoms with E-state index in [1.165, 1.54) is 0 Å². The molecule has 0 aliphatic carbocycles. The lowest BCUT2D eigenvalue weighted by Crippen LogP contribution is -1.90. The average Bonchev–Trinajstić information content (AvgIpc) is 2.99. The van der Waals surface area contributed by atoms with E-state index in [0.29, 0.717) is 0 Å². The molecule has 0 saturated carbocycles. The zero-order valence-corrected chi connectivity index (χ0v) is 12.1. The van der Waals surface area contributed by atoms with Crippen LogP contribution in [0.4, 0.5) is 0 Å². The molecule has 0 radical (unpaired) electrons. The quantitative estimate of drug-likeness (QED) is 0.454. The number of para-hydroxylation sites is 1. The van der Waals surface area contributed by atoms with Gasteiger partial charge in [-0.05, 0) is 30.3 Å². The van der Waals surface area contributed by atoms with Crippen molar-refractivity contribution in [2.45, 2.75) is 0 Å². The van der Waals surface area contributed by atoms with E-state index in [2.05, 4.69) is 21.0 Å². The van der Waals surface area contributed by atoms with Crippen molar-refractivity contribution in [1.29, 1.82) is 0 Å². The van der Waals surface area contributed by atoms with E-state index in [1.807, 2.05) is 42.5 Å². The summed E-state index contributed by atoms with van der Waals surface area (Å²) in [6, 6.07) is 15.9. The Morgan fingerprint density at radius 2 is 1.61 bits per heavy atom. The summed E-state index contributed by atoms with van der Waals surface area (Å²) in [4.78, 5) is 13.4. The van der Waals surface area contributed by atoms with Gasteiger partial charge in [-0.15, -0.1) is 0 Å². The summed E-state index contributed by atoms with van der Waals surface area (Å²) < 4.78 is 5.84. The van der Waals surface area contributed by atoms with Gasteiger partial charge < -0.3 is 4.42 Å². The third-order valence-electron chi connectivity index (χ3n) is 4.04. The molecule has 0 aliphatic heterocycles. The molecule has 0 amide bonds. The van der Waals surface area contributed by atoms with Gasteiger partial charge in [0, 0.05) is 28.6 Å². The van der Waals surface area contributed by atoms with Crippen LogP contribution >= 0.6 is 0 Å². The number of aromatic nitrogens is 3. The highest BCUT2D eigenvalue weighted by Gasteiger charge is 2.11. The molecule has 0 spiro atoms. The number of furan rings is 1. The topological polar surface area (TPSA) is 51.8 Å².